The lowest BCUT2D eigenvalue weighted by molar-refractivity contribution is -0.870. The summed E-state index contributed by atoms with van der Waals surface area (Å²) in [5.74, 6) is -0.293. The van der Waals surface area contributed by atoms with Gasteiger partial charge in [-0.1, -0.05) is 202 Å². The van der Waals surface area contributed by atoms with Gasteiger partial charge in [-0.25, -0.2) is 0 Å². The average molecular weight is 961 g/mol. The van der Waals surface area contributed by atoms with Crippen LogP contribution in [0.15, 0.2) is 72.9 Å². The first-order chi connectivity index (χ1) is 32.4. The fraction of sp³-hybridized carbons (Fsp3) is 0.772. The van der Waals surface area contributed by atoms with E-state index in [1.54, 1.807) is 0 Å². The summed E-state index contributed by atoms with van der Waals surface area (Å²) in [6, 6.07) is -1.10. The molecule has 10 heteroatoms. The topological polar surface area (TPSA) is 128 Å². The van der Waals surface area contributed by atoms with Gasteiger partial charge in [0.15, 0.2) is 0 Å². The van der Waals surface area contributed by atoms with Crippen molar-refractivity contribution in [2.45, 2.75) is 244 Å². The summed E-state index contributed by atoms with van der Waals surface area (Å²) < 4.78 is 23.2. The number of likely N-dealkylation sites (N-methyl/N-ethyl adjacent to an activating group) is 1. The number of hydrogen-bond acceptors (Lipinski definition) is 7. The number of quaternary nitrogens is 1. The Morgan fingerprint density at radius 3 is 1.43 bits per heavy atom. The second kappa shape index (κ2) is 47.6. The summed E-state index contributed by atoms with van der Waals surface area (Å²) in [6.45, 7) is 4.27. The second-order valence-electron chi connectivity index (χ2n) is 19.7. The molecule has 4 atom stereocenters. The Morgan fingerprint density at radius 1 is 0.552 bits per heavy atom. The summed E-state index contributed by atoms with van der Waals surface area (Å²) in [4.78, 5) is 25.5. The van der Waals surface area contributed by atoms with Crippen LogP contribution < -0.4 is 10.2 Å². The molecule has 0 saturated heterocycles. The Hall–Kier alpha value is -2.10. The Bertz CT molecular complexity index is 1340. The van der Waals surface area contributed by atoms with Crippen LogP contribution in [0.2, 0.25) is 0 Å². The van der Waals surface area contributed by atoms with Gasteiger partial charge in [0.25, 0.3) is 7.82 Å². The standard InChI is InChI=1S/C57H105N2O7P/c1-6-8-10-12-14-16-18-20-21-22-23-24-25-26-27-28-29-30-31-32-33-34-35-36-37-38-40-42-44-46-48-50-56(61)58-54(53-66-67(63,64)65-52-51-59(3,4)5)57(62)55(60)49-47-45-43-41-39-19-17-15-13-11-9-7-2/h8,10,14-17,20-21,23-24,41,43,54-55,57,60,62H,6-7,9,11-13,18-19,22,25-40,42,44-53H2,1-5H3,(H-,58,61,63,64)/b10-8-,16-14-,17-15+,21-20-,24-23-,43-41+. The van der Waals surface area contributed by atoms with Crippen molar-refractivity contribution in [3.05, 3.63) is 72.9 Å². The molecule has 0 rings (SSSR count). The van der Waals surface area contributed by atoms with Crippen molar-refractivity contribution in [1.82, 2.24) is 5.32 Å². The van der Waals surface area contributed by atoms with Crippen molar-refractivity contribution < 1.29 is 38.0 Å². The number of amides is 1. The molecule has 0 saturated carbocycles. The minimum Gasteiger partial charge on any atom is -0.756 e. The van der Waals surface area contributed by atoms with E-state index in [4.69, 9.17) is 9.05 Å². The molecule has 0 fully saturated rings. The van der Waals surface area contributed by atoms with Gasteiger partial charge in [-0.05, 0) is 89.9 Å². The molecule has 0 aliphatic rings. The number of carbonyl (C=O) groups excluding carboxylic acids is 1. The number of nitrogens with one attached hydrogen (secondary N) is 1. The maximum absolute atomic E-state index is 13.0. The first kappa shape index (κ1) is 64.9. The zero-order valence-corrected chi connectivity index (χ0v) is 44.8. The molecular formula is C57H105N2O7P. The highest BCUT2D eigenvalue weighted by molar-refractivity contribution is 7.45. The minimum atomic E-state index is -4.68. The summed E-state index contributed by atoms with van der Waals surface area (Å²) in [5, 5.41) is 24.7. The van der Waals surface area contributed by atoms with Crippen molar-refractivity contribution in [3.63, 3.8) is 0 Å². The molecule has 0 heterocycles. The van der Waals surface area contributed by atoms with Crippen LogP contribution in [-0.2, 0) is 18.4 Å². The van der Waals surface area contributed by atoms with Gasteiger partial charge in [0.1, 0.15) is 19.3 Å². The van der Waals surface area contributed by atoms with E-state index in [-0.39, 0.29) is 18.9 Å². The third-order valence-electron chi connectivity index (χ3n) is 12.0. The number of allylic oxidation sites excluding steroid dienone is 12. The molecule has 0 aromatic rings. The van der Waals surface area contributed by atoms with Crippen molar-refractivity contribution in [2.24, 2.45) is 0 Å². The van der Waals surface area contributed by atoms with Gasteiger partial charge in [-0.3, -0.25) is 9.36 Å². The molecule has 4 unspecified atom stereocenters. The maximum atomic E-state index is 13.0. The molecule has 0 aromatic carbocycles. The number of aliphatic hydroxyl groups is 2. The largest absolute Gasteiger partial charge is 0.756 e. The van der Waals surface area contributed by atoms with Crippen LogP contribution in [0.4, 0.5) is 0 Å². The normalized spacial score (nSPS) is 15.0. The quantitative estimate of drug-likeness (QED) is 0.0240. The number of rotatable bonds is 49. The summed E-state index contributed by atoms with van der Waals surface area (Å²) in [7, 11) is 1.10. The Morgan fingerprint density at radius 2 is 0.955 bits per heavy atom. The van der Waals surface area contributed by atoms with E-state index in [1.807, 2.05) is 21.1 Å². The highest BCUT2D eigenvalue weighted by Gasteiger charge is 2.29. The van der Waals surface area contributed by atoms with E-state index in [0.29, 0.717) is 30.3 Å². The van der Waals surface area contributed by atoms with Crippen LogP contribution in [-0.4, -0.2) is 79.8 Å². The third-order valence-corrected chi connectivity index (χ3v) is 13.0. The molecule has 3 N–H and O–H groups in total. The highest BCUT2D eigenvalue weighted by atomic mass is 31.2. The number of nitrogens with zero attached hydrogens (tertiary/aromatic N) is 1. The second-order valence-corrected chi connectivity index (χ2v) is 21.1. The van der Waals surface area contributed by atoms with Crippen molar-refractivity contribution in [3.8, 4) is 0 Å². The van der Waals surface area contributed by atoms with Crippen molar-refractivity contribution in [1.29, 1.82) is 0 Å². The number of hydrogen-bond donors (Lipinski definition) is 3. The van der Waals surface area contributed by atoms with Crippen LogP contribution in [0.1, 0.15) is 226 Å². The first-order valence-electron chi connectivity index (χ1n) is 27.4. The zero-order chi connectivity index (χ0) is 49.4. The Balaban J connectivity index is 4.16. The first-order valence-corrected chi connectivity index (χ1v) is 28.8. The van der Waals surface area contributed by atoms with E-state index in [9.17, 15) is 24.5 Å². The van der Waals surface area contributed by atoms with Crippen LogP contribution >= 0.6 is 7.82 Å². The molecule has 1 amide bonds. The fourth-order valence-corrected chi connectivity index (χ4v) is 8.40. The zero-order valence-electron chi connectivity index (χ0n) is 43.9. The molecule has 9 nitrogen and oxygen atoms in total. The van der Waals surface area contributed by atoms with E-state index in [1.165, 1.54) is 116 Å². The molecule has 0 spiro atoms. The molecule has 0 aromatic heterocycles. The molecule has 0 aliphatic heterocycles. The van der Waals surface area contributed by atoms with E-state index < -0.39 is 32.7 Å². The van der Waals surface area contributed by atoms with Gasteiger partial charge in [-0.2, -0.15) is 0 Å². The Labute approximate surface area is 413 Å². The van der Waals surface area contributed by atoms with Crippen LogP contribution in [0, 0.1) is 0 Å². The lowest BCUT2D eigenvalue weighted by Crippen LogP contribution is -2.51. The van der Waals surface area contributed by atoms with Gasteiger partial charge in [0.05, 0.1) is 39.9 Å². The summed E-state index contributed by atoms with van der Waals surface area (Å²) >= 11 is 0. The van der Waals surface area contributed by atoms with Crippen LogP contribution in [0.5, 0.6) is 0 Å². The molecule has 0 aliphatic carbocycles. The predicted octanol–water partition coefficient (Wildman–Crippen LogP) is 14.7. The Kier molecular flexibility index (Phi) is 46.1. The number of phosphoric acid groups is 1. The van der Waals surface area contributed by atoms with Gasteiger partial charge >= 0.3 is 0 Å². The van der Waals surface area contributed by atoms with Gasteiger partial charge in [0.2, 0.25) is 5.91 Å². The van der Waals surface area contributed by atoms with Gasteiger partial charge in [-0.15, -0.1) is 0 Å². The molecular weight excluding hydrogens is 856 g/mol. The predicted molar refractivity (Wildman–Crippen MR) is 285 cm³/mol. The molecule has 390 valence electrons. The average Bonchev–Trinajstić information content (AvgIpc) is 3.29. The van der Waals surface area contributed by atoms with Crippen molar-refractivity contribution in [2.75, 3.05) is 40.9 Å². The molecule has 67 heavy (non-hydrogen) atoms. The van der Waals surface area contributed by atoms with Crippen molar-refractivity contribution >= 4 is 13.7 Å². The highest BCUT2D eigenvalue weighted by Crippen LogP contribution is 2.38. The SMILES string of the molecule is CC/C=C\C/C=C\C/C=C\C/C=C\CCCCCCCCCCCCCCCCCCCCC(=O)NC(COP(=O)([O-])OCC[N+](C)(C)C)C(O)C(O)CCC/C=C/CC/C=C/CCCCC. The van der Waals surface area contributed by atoms with Gasteiger partial charge in [0, 0.05) is 6.42 Å². The van der Waals surface area contributed by atoms with Crippen LogP contribution in [0.3, 0.4) is 0 Å². The lowest BCUT2D eigenvalue weighted by atomic mass is 10.0. The number of unbranched alkanes of at least 4 members (excludes halogenated alkanes) is 23. The maximum Gasteiger partial charge on any atom is 0.268 e. The number of phosphoric ester groups is 1. The monoisotopic (exact) mass is 961 g/mol. The minimum absolute atomic E-state index is 0.0502. The number of carbonyl (C=O) groups is 1. The number of aliphatic hydroxyl groups excluding tert-OH is 2. The third kappa shape index (κ3) is 48.7. The molecule has 0 radical (unpaired) electrons. The fourth-order valence-electron chi connectivity index (χ4n) is 7.67. The van der Waals surface area contributed by atoms with Crippen LogP contribution in [0.25, 0.3) is 0 Å². The van der Waals surface area contributed by atoms with E-state index >= 15 is 0 Å². The van der Waals surface area contributed by atoms with E-state index in [0.717, 1.165) is 70.6 Å². The summed E-state index contributed by atoms with van der Waals surface area (Å²) in [5.41, 5.74) is 0. The van der Waals surface area contributed by atoms with E-state index in [2.05, 4.69) is 92.1 Å². The lowest BCUT2D eigenvalue weighted by Gasteiger charge is -2.31. The smallest absolute Gasteiger partial charge is 0.268 e. The summed E-state index contributed by atoms with van der Waals surface area (Å²) in [6.07, 6.45) is 61.2. The molecule has 0 bridgehead atoms. The van der Waals surface area contributed by atoms with Gasteiger partial charge < -0.3 is 34.0 Å².